The van der Waals surface area contributed by atoms with Crippen molar-refractivity contribution in [2.75, 3.05) is 6.54 Å². The highest BCUT2D eigenvalue weighted by Gasteiger charge is 2.04. The highest BCUT2D eigenvalue weighted by Crippen LogP contribution is 2.10. The third-order valence-electron chi connectivity index (χ3n) is 2.18. The van der Waals surface area contributed by atoms with Gasteiger partial charge in [0.2, 0.25) is 0 Å². The van der Waals surface area contributed by atoms with Gasteiger partial charge in [0.1, 0.15) is 0 Å². The fourth-order valence-electron chi connectivity index (χ4n) is 1.49. The maximum Gasteiger partial charge on any atom is 0.0105 e. The molecule has 0 saturated heterocycles. The van der Waals surface area contributed by atoms with Gasteiger partial charge in [-0.05, 0) is 31.9 Å². The summed E-state index contributed by atoms with van der Waals surface area (Å²) >= 11 is 0. The van der Waals surface area contributed by atoms with Gasteiger partial charge < -0.3 is 5.32 Å². The van der Waals surface area contributed by atoms with E-state index in [1.165, 1.54) is 12.0 Å². The van der Waals surface area contributed by atoms with Crippen LogP contribution in [0.25, 0.3) is 0 Å². The monoisotopic (exact) mass is 193 g/mol. The fraction of sp³-hybridized carbons (Fsp3) is 0.538. The number of hydrogen-bond donors (Lipinski definition) is 1. The van der Waals surface area contributed by atoms with Crippen molar-refractivity contribution < 1.29 is 0 Å². The van der Waals surface area contributed by atoms with Gasteiger partial charge in [-0.2, -0.15) is 0 Å². The summed E-state index contributed by atoms with van der Waals surface area (Å²) in [5.41, 5.74) is 1.34. The Bertz CT molecular complexity index is 201. The molecule has 1 atom stereocenters. The van der Waals surface area contributed by atoms with Crippen molar-refractivity contribution in [1.82, 2.24) is 5.32 Å². The average molecular weight is 193 g/mol. The summed E-state index contributed by atoms with van der Waals surface area (Å²) in [7, 11) is 0. The van der Waals surface area contributed by atoms with Gasteiger partial charge in [-0.3, -0.25) is 0 Å². The van der Waals surface area contributed by atoms with Crippen molar-refractivity contribution >= 4 is 0 Å². The Hall–Kier alpha value is -0.820. The van der Waals surface area contributed by atoms with Crippen LogP contribution in [0.3, 0.4) is 0 Å². The average Bonchev–Trinajstić information content (AvgIpc) is 2.18. The van der Waals surface area contributed by atoms with E-state index in [0.29, 0.717) is 6.04 Å². The van der Waals surface area contributed by atoms with E-state index in [1.54, 1.807) is 0 Å². The normalized spacial score (nSPS) is 14.6. The molecule has 0 aliphatic rings. The van der Waals surface area contributed by atoms with E-state index in [9.17, 15) is 0 Å². The zero-order chi connectivity index (χ0) is 10.8. The van der Waals surface area contributed by atoms with E-state index in [4.69, 9.17) is 0 Å². The number of allylic oxidation sites excluding steroid dienone is 4. The van der Waals surface area contributed by atoms with Gasteiger partial charge in [0.05, 0.1) is 0 Å². The molecule has 0 radical (unpaired) electrons. The molecule has 0 saturated carbocycles. The first-order valence-corrected chi connectivity index (χ1v) is 5.46. The highest BCUT2D eigenvalue weighted by molar-refractivity contribution is 5.23. The molecule has 1 unspecified atom stereocenters. The van der Waals surface area contributed by atoms with Gasteiger partial charge in [-0.25, -0.2) is 0 Å². The van der Waals surface area contributed by atoms with Crippen LogP contribution in [0.2, 0.25) is 0 Å². The van der Waals surface area contributed by atoms with Crippen LogP contribution in [0, 0.1) is 0 Å². The predicted molar refractivity (Wildman–Crippen MR) is 65.5 cm³/mol. The van der Waals surface area contributed by atoms with Gasteiger partial charge in [-0.15, -0.1) is 0 Å². The van der Waals surface area contributed by atoms with Crippen molar-refractivity contribution in [2.24, 2.45) is 0 Å². The zero-order valence-electron chi connectivity index (χ0n) is 9.72. The maximum absolute atomic E-state index is 3.73. The maximum atomic E-state index is 3.73. The van der Waals surface area contributed by atoms with Crippen LogP contribution in [-0.4, -0.2) is 12.6 Å². The number of rotatable bonds is 7. The first-order valence-electron chi connectivity index (χ1n) is 5.46. The smallest absolute Gasteiger partial charge is 0.0105 e. The van der Waals surface area contributed by atoms with Gasteiger partial charge in [0, 0.05) is 6.04 Å². The Morgan fingerprint density at radius 1 is 1.43 bits per heavy atom. The first kappa shape index (κ1) is 13.2. The minimum Gasteiger partial charge on any atom is -0.314 e. The molecule has 0 aliphatic carbocycles. The quantitative estimate of drug-likeness (QED) is 0.611. The summed E-state index contributed by atoms with van der Waals surface area (Å²) in [6.07, 6.45) is 10.4. The lowest BCUT2D eigenvalue weighted by Gasteiger charge is -2.16. The lowest BCUT2D eigenvalue weighted by atomic mass is 10.0. The molecule has 0 aromatic heterocycles. The minimum atomic E-state index is 0.586. The number of hydrogen-bond acceptors (Lipinski definition) is 1. The topological polar surface area (TPSA) is 12.0 Å². The van der Waals surface area contributed by atoms with E-state index in [0.717, 1.165) is 13.0 Å². The zero-order valence-corrected chi connectivity index (χ0v) is 9.72. The van der Waals surface area contributed by atoms with Crippen LogP contribution >= 0.6 is 0 Å². The molecular weight excluding hydrogens is 170 g/mol. The first-order chi connectivity index (χ1) is 6.78. The summed E-state index contributed by atoms with van der Waals surface area (Å²) < 4.78 is 0. The largest absolute Gasteiger partial charge is 0.314 e. The molecule has 0 bridgehead atoms. The summed E-state index contributed by atoms with van der Waals surface area (Å²) in [6.45, 7) is 11.2. The predicted octanol–water partition coefficient (Wildman–Crippen LogP) is 3.45. The van der Waals surface area contributed by atoms with Crippen LogP contribution in [0.15, 0.2) is 36.5 Å². The summed E-state index contributed by atoms with van der Waals surface area (Å²) in [4.78, 5) is 0. The molecule has 0 spiro atoms. The fourth-order valence-corrected chi connectivity index (χ4v) is 1.49. The van der Waals surface area contributed by atoms with Crippen molar-refractivity contribution in [3.05, 3.63) is 36.5 Å². The Kier molecular flexibility index (Phi) is 8.25. The minimum absolute atomic E-state index is 0.586. The third kappa shape index (κ3) is 5.76. The van der Waals surface area contributed by atoms with Gasteiger partial charge >= 0.3 is 0 Å². The lowest BCUT2D eigenvalue weighted by Crippen LogP contribution is -2.28. The summed E-state index contributed by atoms with van der Waals surface area (Å²) in [6, 6.07) is 0.586. The van der Waals surface area contributed by atoms with Crippen molar-refractivity contribution in [3.8, 4) is 0 Å². The van der Waals surface area contributed by atoms with Gasteiger partial charge in [0.15, 0.2) is 0 Å². The summed E-state index contributed by atoms with van der Waals surface area (Å²) in [5, 5.41) is 3.47. The Labute approximate surface area is 88.6 Å². The molecule has 0 rings (SSSR count). The molecule has 80 valence electrons. The van der Waals surface area contributed by atoms with Crippen LogP contribution in [0.1, 0.15) is 33.6 Å². The van der Waals surface area contributed by atoms with E-state index >= 15 is 0 Å². The van der Waals surface area contributed by atoms with Crippen molar-refractivity contribution in [2.45, 2.75) is 39.7 Å². The second kappa shape index (κ2) is 8.76. The van der Waals surface area contributed by atoms with Gasteiger partial charge in [0.25, 0.3) is 0 Å². The van der Waals surface area contributed by atoms with E-state index in [-0.39, 0.29) is 0 Å². The molecule has 0 aliphatic heterocycles. The van der Waals surface area contributed by atoms with E-state index < -0.39 is 0 Å². The molecule has 1 heteroatoms. The molecule has 1 N–H and O–H groups in total. The van der Waals surface area contributed by atoms with Crippen LogP contribution in [-0.2, 0) is 0 Å². The molecule has 0 aromatic carbocycles. The Morgan fingerprint density at radius 2 is 2.14 bits per heavy atom. The van der Waals surface area contributed by atoms with Gasteiger partial charge in [-0.1, -0.05) is 44.7 Å². The van der Waals surface area contributed by atoms with E-state index in [1.807, 2.05) is 13.0 Å². The number of nitrogens with one attached hydrogen (secondary N) is 1. The molecule has 0 heterocycles. The third-order valence-corrected chi connectivity index (χ3v) is 2.18. The second-order valence-electron chi connectivity index (χ2n) is 3.34. The van der Waals surface area contributed by atoms with Crippen LogP contribution in [0.4, 0.5) is 0 Å². The van der Waals surface area contributed by atoms with E-state index in [2.05, 4.69) is 44.0 Å². The SMILES string of the molecule is C=C/C=C(\C=C/C)CC(CC)NCC. The van der Waals surface area contributed by atoms with Crippen LogP contribution in [0.5, 0.6) is 0 Å². The Morgan fingerprint density at radius 3 is 2.57 bits per heavy atom. The second-order valence-corrected chi connectivity index (χ2v) is 3.34. The molecule has 0 amide bonds. The molecule has 1 nitrogen and oxygen atoms in total. The molecule has 14 heavy (non-hydrogen) atoms. The highest BCUT2D eigenvalue weighted by atomic mass is 14.9. The molecule has 0 fully saturated rings. The lowest BCUT2D eigenvalue weighted by molar-refractivity contribution is 0.512. The van der Waals surface area contributed by atoms with Crippen LogP contribution < -0.4 is 5.32 Å². The Balaban J connectivity index is 4.25. The standard InChI is InChI=1S/C13H23N/c1-5-9-12(10-6-2)11-13(7-3)14-8-4/h5-6,9-10,13-14H,1,7-8,11H2,2-4H3/b10-6-,12-9+. The summed E-state index contributed by atoms with van der Waals surface area (Å²) in [5.74, 6) is 0. The van der Waals surface area contributed by atoms with Crippen molar-refractivity contribution in [3.63, 3.8) is 0 Å². The molecular formula is C13H23N. The molecule has 0 aromatic rings. The van der Waals surface area contributed by atoms with Crippen molar-refractivity contribution in [1.29, 1.82) is 0 Å².